The summed E-state index contributed by atoms with van der Waals surface area (Å²) in [7, 11) is 1.64. The molecule has 0 saturated heterocycles. The Hall–Kier alpha value is -1.59. The second-order valence-electron chi connectivity index (χ2n) is 4.47. The highest BCUT2D eigenvalue weighted by molar-refractivity contribution is 9.10. The molecule has 2 rings (SSSR count). The van der Waals surface area contributed by atoms with E-state index < -0.39 is 0 Å². The molecule has 0 saturated carbocycles. The molecule has 3 nitrogen and oxygen atoms in total. The monoisotopic (exact) mass is 353 g/mol. The second kappa shape index (κ2) is 8.00. The van der Waals surface area contributed by atoms with E-state index in [1.165, 1.54) is 6.07 Å². The van der Waals surface area contributed by atoms with E-state index in [-0.39, 0.29) is 5.82 Å². The predicted molar refractivity (Wildman–Crippen MR) is 85.2 cm³/mol. The lowest BCUT2D eigenvalue weighted by Crippen LogP contribution is -2.04. The SMILES string of the molecule is COCCOc1ccc(NCc2ccc(Br)c(F)c2)cc1. The second-order valence-corrected chi connectivity index (χ2v) is 5.32. The molecule has 21 heavy (non-hydrogen) atoms. The van der Waals surface area contributed by atoms with Gasteiger partial charge in [0.2, 0.25) is 0 Å². The number of benzene rings is 2. The van der Waals surface area contributed by atoms with Gasteiger partial charge in [0.15, 0.2) is 0 Å². The van der Waals surface area contributed by atoms with E-state index in [1.54, 1.807) is 13.2 Å². The number of ether oxygens (including phenoxy) is 2. The van der Waals surface area contributed by atoms with Crippen LogP contribution in [-0.4, -0.2) is 20.3 Å². The van der Waals surface area contributed by atoms with Gasteiger partial charge in [-0.3, -0.25) is 0 Å². The third-order valence-corrected chi connectivity index (χ3v) is 3.53. The van der Waals surface area contributed by atoms with Crippen molar-refractivity contribution in [2.24, 2.45) is 0 Å². The average Bonchev–Trinajstić information content (AvgIpc) is 2.50. The van der Waals surface area contributed by atoms with Gasteiger partial charge in [0, 0.05) is 19.3 Å². The lowest BCUT2D eigenvalue weighted by atomic mass is 10.2. The Bertz CT molecular complexity index is 575. The Kier molecular flexibility index (Phi) is 6.02. The molecular weight excluding hydrogens is 337 g/mol. The van der Waals surface area contributed by atoms with Gasteiger partial charge in [-0.05, 0) is 57.9 Å². The van der Waals surface area contributed by atoms with Crippen molar-refractivity contribution in [2.45, 2.75) is 6.54 Å². The first-order valence-electron chi connectivity index (χ1n) is 6.58. The maximum atomic E-state index is 13.4. The molecule has 2 aromatic carbocycles. The summed E-state index contributed by atoms with van der Waals surface area (Å²) in [6, 6.07) is 12.7. The van der Waals surface area contributed by atoms with Crippen molar-refractivity contribution in [1.29, 1.82) is 0 Å². The zero-order valence-corrected chi connectivity index (χ0v) is 13.3. The minimum absolute atomic E-state index is 0.254. The number of hydrogen-bond donors (Lipinski definition) is 1. The third-order valence-electron chi connectivity index (χ3n) is 2.89. The molecule has 5 heteroatoms. The fraction of sp³-hybridized carbons (Fsp3) is 0.250. The van der Waals surface area contributed by atoms with E-state index in [9.17, 15) is 4.39 Å². The molecule has 112 valence electrons. The third kappa shape index (κ3) is 5.02. The van der Waals surface area contributed by atoms with Gasteiger partial charge in [-0.2, -0.15) is 0 Å². The highest BCUT2D eigenvalue weighted by Gasteiger charge is 2.01. The number of rotatable bonds is 7. The fourth-order valence-corrected chi connectivity index (χ4v) is 2.01. The first kappa shape index (κ1) is 15.8. The first-order valence-corrected chi connectivity index (χ1v) is 7.38. The molecule has 0 bridgehead atoms. The standard InChI is InChI=1S/C16H17BrFNO2/c1-20-8-9-21-14-5-3-13(4-6-14)19-11-12-2-7-15(17)16(18)10-12/h2-7,10,19H,8-9,11H2,1H3. The first-order chi connectivity index (χ1) is 10.2. The summed E-state index contributed by atoms with van der Waals surface area (Å²) >= 11 is 3.14. The van der Waals surface area contributed by atoms with Gasteiger partial charge in [0.1, 0.15) is 18.2 Å². The van der Waals surface area contributed by atoms with Crippen LogP contribution in [0.25, 0.3) is 0 Å². The van der Waals surface area contributed by atoms with Crippen molar-refractivity contribution in [3.05, 3.63) is 58.3 Å². The van der Waals surface area contributed by atoms with Crippen LogP contribution in [0.15, 0.2) is 46.9 Å². The van der Waals surface area contributed by atoms with E-state index in [4.69, 9.17) is 9.47 Å². The van der Waals surface area contributed by atoms with Crippen LogP contribution in [0, 0.1) is 5.82 Å². The Morgan fingerprint density at radius 2 is 1.86 bits per heavy atom. The van der Waals surface area contributed by atoms with E-state index >= 15 is 0 Å². The molecule has 0 aromatic heterocycles. The van der Waals surface area contributed by atoms with E-state index in [2.05, 4.69) is 21.2 Å². The molecule has 2 aromatic rings. The molecule has 0 aliphatic rings. The zero-order chi connectivity index (χ0) is 15.1. The van der Waals surface area contributed by atoms with Crippen molar-refractivity contribution in [3.63, 3.8) is 0 Å². The van der Waals surface area contributed by atoms with Gasteiger partial charge in [0.05, 0.1) is 11.1 Å². The lowest BCUT2D eigenvalue weighted by molar-refractivity contribution is 0.146. The maximum Gasteiger partial charge on any atom is 0.137 e. The molecule has 0 aliphatic heterocycles. The molecular formula is C16H17BrFNO2. The largest absolute Gasteiger partial charge is 0.491 e. The van der Waals surface area contributed by atoms with Crippen LogP contribution < -0.4 is 10.1 Å². The number of hydrogen-bond acceptors (Lipinski definition) is 3. The summed E-state index contributed by atoms with van der Waals surface area (Å²) in [5.74, 6) is 0.545. The summed E-state index contributed by atoms with van der Waals surface area (Å²) in [6.07, 6.45) is 0. The molecule has 0 aliphatic carbocycles. The van der Waals surface area contributed by atoms with Crippen molar-refractivity contribution >= 4 is 21.6 Å². The van der Waals surface area contributed by atoms with Crippen molar-refractivity contribution in [2.75, 3.05) is 25.6 Å². The van der Waals surface area contributed by atoms with Gasteiger partial charge in [0.25, 0.3) is 0 Å². The van der Waals surface area contributed by atoms with Crippen LogP contribution in [0.5, 0.6) is 5.75 Å². The number of methoxy groups -OCH3 is 1. The lowest BCUT2D eigenvalue weighted by Gasteiger charge is -2.09. The number of halogens is 2. The fourth-order valence-electron chi connectivity index (χ4n) is 1.77. The molecule has 0 atom stereocenters. The smallest absolute Gasteiger partial charge is 0.137 e. The molecule has 0 radical (unpaired) electrons. The summed E-state index contributed by atoms with van der Waals surface area (Å²) in [5.41, 5.74) is 1.84. The molecule has 0 amide bonds. The quantitative estimate of drug-likeness (QED) is 0.755. The molecule has 0 spiro atoms. The van der Waals surface area contributed by atoms with Crippen LogP contribution in [0.4, 0.5) is 10.1 Å². The summed E-state index contributed by atoms with van der Waals surface area (Å²) in [6.45, 7) is 1.66. The minimum atomic E-state index is -0.254. The van der Waals surface area contributed by atoms with Gasteiger partial charge >= 0.3 is 0 Å². The Morgan fingerprint density at radius 1 is 1.10 bits per heavy atom. The molecule has 0 fully saturated rings. The minimum Gasteiger partial charge on any atom is -0.491 e. The van der Waals surface area contributed by atoms with Gasteiger partial charge < -0.3 is 14.8 Å². The van der Waals surface area contributed by atoms with Gasteiger partial charge in [-0.25, -0.2) is 4.39 Å². The van der Waals surface area contributed by atoms with E-state index in [0.29, 0.717) is 24.2 Å². The Morgan fingerprint density at radius 3 is 2.52 bits per heavy atom. The van der Waals surface area contributed by atoms with Crippen molar-refractivity contribution in [3.8, 4) is 5.75 Å². The molecule has 0 unspecified atom stereocenters. The van der Waals surface area contributed by atoms with Crippen molar-refractivity contribution < 1.29 is 13.9 Å². The highest BCUT2D eigenvalue weighted by Crippen LogP contribution is 2.19. The average molecular weight is 354 g/mol. The Labute approximate surface area is 132 Å². The van der Waals surface area contributed by atoms with Crippen LogP contribution in [0.3, 0.4) is 0 Å². The Balaban J connectivity index is 1.86. The number of anilines is 1. The summed E-state index contributed by atoms with van der Waals surface area (Å²) < 4.78 is 24.3. The van der Waals surface area contributed by atoms with Gasteiger partial charge in [-0.15, -0.1) is 0 Å². The van der Waals surface area contributed by atoms with E-state index in [1.807, 2.05) is 30.3 Å². The summed E-state index contributed by atoms with van der Waals surface area (Å²) in [5, 5.41) is 3.24. The maximum absolute atomic E-state index is 13.4. The van der Waals surface area contributed by atoms with Crippen molar-refractivity contribution in [1.82, 2.24) is 0 Å². The zero-order valence-electron chi connectivity index (χ0n) is 11.7. The highest BCUT2D eigenvalue weighted by atomic mass is 79.9. The molecule has 0 heterocycles. The summed E-state index contributed by atoms with van der Waals surface area (Å²) in [4.78, 5) is 0. The van der Waals surface area contributed by atoms with E-state index in [0.717, 1.165) is 17.0 Å². The normalized spacial score (nSPS) is 10.4. The topological polar surface area (TPSA) is 30.5 Å². The van der Waals surface area contributed by atoms with Crippen LogP contribution in [0.2, 0.25) is 0 Å². The molecule has 1 N–H and O–H groups in total. The van der Waals surface area contributed by atoms with Crippen LogP contribution >= 0.6 is 15.9 Å². The predicted octanol–water partition coefficient (Wildman–Crippen LogP) is 4.23. The van der Waals surface area contributed by atoms with Crippen LogP contribution in [0.1, 0.15) is 5.56 Å². The van der Waals surface area contributed by atoms with Gasteiger partial charge in [-0.1, -0.05) is 6.07 Å². The van der Waals surface area contributed by atoms with Crippen LogP contribution in [-0.2, 0) is 11.3 Å². The number of nitrogens with one attached hydrogen (secondary N) is 1.